The molecule has 1 aliphatic rings. The van der Waals surface area contributed by atoms with Crippen LogP contribution in [0.3, 0.4) is 0 Å². The average Bonchev–Trinajstić information content (AvgIpc) is 2.64. The molecule has 3 nitrogen and oxygen atoms in total. The second kappa shape index (κ2) is 5.24. The first kappa shape index (κ1) is 15.1. The second-order valence-electron chi connectivity index (χ2n) is 5.23. The highest BCUT2D eigenvalue weighted by Gasteiger charge is 2.46. The number of hydrogen-bond acceptors (Lipinski definition) is 3. The molecule has 0 spiro atoms. The van der Waals surface area contributed by atoms with E-state index in [-0.39, 0.29) is 6.42 Å². The summed E-state index contributed by atoms with van der Waals surface area (Å²) in [6, 6.07) is 5.03. The average molecular weight is 323 g/mol. The maximum absolute atomic E-state index is 11.8. The maximum Gasteiger partial charge on any atom is 0.153 e. The molecule has 1 fully saturated rings. The van der Waals surface area contributed by atoms with Gasteiger partial charge >= 0.3 is 0 Å². The van der Waals surface area contributed by atoms with Crippen molar-refractivity contribution in [3.8, 4) is 0 Å². The van der Waals surface area contributed by atoms with Crippen molar-refractivity contribution in [2.75, 3.05) is 6.26 Å². The second-order valence-corrected chi connectivity index (χ2v) is 8.30. The Bertz CT molecular complexity index is 586. The van der Waals surface area contributed by atoms with Crippen LogP contribution >= 0.6 is 23.2 Å². The van der Waals surface area contributed by atoms with E-state index in [9.17, 15) is 13.5 Å². The predicted molar refractivity (Wildman–Crippen MR) is 77.6 cm³/mol. The minimum Gasteiger partial charge on any atom is -0.388 e. The molecule has 1 N–H and O–H groups in total. The molecule has 1 aliphatic carbocycles. The summed E-state index contributed by atoms with van der Waals surface area (Å²) in [6.07, 6.45) is 3.10. The van der Waals surface area contributed by atoms with E-state index in [1.807, 2.05) is 0 Å². The summed E-state index contributed by atoms with van der Waals surface area (Å²) in [6.45, 7) is 0. The molecule has 0 heterocycles. The molecule has 2 rings (SSSR count). The zero-order valence-electron chi connectivity index (χ0n) is 10.6. The van der Waals surface area contributed by atoms with Gasteiger partial charge in [-0.1, -0.05) is 29.3 Å². The fourth-order valence-electron chi connectivity index (χ4n) is 2.83. The van der Waals surface area contributed by atoms with E-state index in [0.717, 1.165) is 5.56 Å². The number of rotatable bonds is 3. The first-order valence-electron chi connectivity index (χ1n) is 6.07. The van der Waals surface area contributed by atoms with E-state index < -0.39 is 20.7 Å². The minimum atomic E-state index is -3.27. The van der Waals surface area contributed by atoms with Gasteiger partial charge in [-0.2, -0.15) is 0 Å². The molecular formula is C13H16Cl2O3S. The summed E-state index contributed by atoms with van der Waals surface area (Å²) < 4.78 is 23.5. The van der Waals surface area contributed by atoms with Crippen molar-refractivity contribution in [1.29, 1.82) is 0 Å². The lowest BCUT2D eigenvalue weighted by molar-refractivity contribution is 0.0513. The fourth-order valence-corrected chi connectivity index (χ4v) is 4.90. The molecule has 6 heteroatoms. The van der Waals surface area contributed by atoms with Crippen LogP contribution in [0.5, 0.6) is 0 Å². The van der Waals surface area contributed by atoms with Gasteiger partial charge in [0, 0.05) is 22.7 Å². The molecule has 0 aliphatic heterocycles. The predicted octanol–water partition coefficient (Wildman–Crippen LogP) is 2.86. The molecule has 0 amide bonds. The van der Waals surface area contributed by atoms with Crippen LogP contribution < -0.4 is 0 Å². The third-order valence-electron chi connectivity index (χ3n) is 3.70. The van der Waals surface area contributed by atoms with Gasteiger partial charge < -0.3 is 5.11 Å². The summed E-state index contributed by atoms with van der Waals surface area (Å²) >= 11 is 11.9. The number of hydrogen-bond donors (Lipinski definition) is 1. The van der Waals surface area contributed by atoms with Crippen LogP contribution in [0.25, 0.3) is 0 Å². The smallest absolute Gasteiger partial charge is 0.153 e. The molecule has 0 saturated heterocycles. The van der Waals surface area contributed by atoms with Crippen molar-refractivity contribution in [2.24, 2.45) is 0 Å². The van der Waals surface area contributed by atoms with Crippen molar-refractivity contribution in [3.05, 3.63) is 33.8 Å². The van der Waals surface area contributed by atoms with Crippen molar-refractivity contribution < 1.29 is 13.5 Å². The van der Waals surface area contributed by atoms with Crippen molar-refractivity contribution >= 4 is 33.0 Å². The standard InChI is InChI=1S/C13H16Cl2O3S/c1-19(17,18)12-3-2-6-13(12,16)8-9-4-5-10(14)7-11(9)15/h4-5,7,12,16H,2-3,6,8H2,1H3. The highest BCUT2D eigenvalue weighted by atomic mass is 35.5. The van der Waals surface area contributed by atoms with E-state index in [4.69, 9.17) is 23.2 Å². The minimum absolute atomic E-state index is 0.237. The van der Waals surface area contributed by atoms with Crippen LogP contribution in [-0.2, 0) is 16.3 Å². The zero-order valence-corrected chi connectivity index (χ0v) is 12.9. The number of benzene rings is 1. The molecular weight excluding hydrogens is 307 g/mol. The highest BCUT2D eigenvalue weighted by molar-refractivity contribution is 7.91. The molecule has 2 atom stereocenters. The van der Waals surface area contributed by atoms with Gasteiger partial charge in [0.2, 0.25) is 0 Å². The van der Waals surface area contributed by atoms with Crippen LogP contribution in [0.2, 0.25) is 10.0 Å². The molecule has 2 unspecified atom stereocenters. The molecule has 19 heavy (non-hydrogen) atoms. The lowest BCUT2D eigenvalue weighted by atomic mass is 9.92. The van der Waals surface area contributed by atoms with Gasteiger partial charge in [-0.15, -0.1) is 0 Å². The van der Waals surface area contributed by atoms with Gasteiger partial charge in [0.1, 0.15) is 0 Å². The van der Waals surface area contributed by atoms with Gasteiger partial charge in [-0.25, -0.2) is 8.42 Å². The summed E-state index contributed by atoms with van der Waals surface area (Å²) in [4.78, 5) is 0. The molecule has 0 aromatic heterocycles. The number of halogens is 2. The monoisotopic (exact) mass is 322 g/mol. The van der Waals surface area contributed by atoms with Crippen LogP contribution in [0.1, 0.15) is 24.8 Å². The van der Waals surface area contributed by atoms with Crippen molar-refractivity contribution in [2.45, 2.75) is 36.5 Å². The van der Waals surface area contributed by atoms with Crippen LogP contribution in [-0.4, -0.2) is 30.6 Å². The van der Waals surface area contributed by atoms with E-state index >= 15 is 0 Å². The Morgan fingerprint density at radius 3 is 2.68 bits per heavy atom. The Morgan fingerprint density at radius 1 is 1.42 bits per heavy atom. The Hall–Kier alpha value is -0.290. The normalized spacial score (nSPS) is 27.7. The first-order valence-corrected chi connectivity index (χ1v) is 8.78. The Labute approximate surface area is 123 Å². The van der Waals surface area contributed by atoms with Crippen LogP contribution in [0, 0.1) is 0 Å². The van der Waals surface area contributed by atoms with Crippen LogP contribution in [0.4, 0.5) is 0 Å². The Kier molecular flexibility index (Phi) is 4.17. The summed E-state index contributed by atoms with van der Waals surface area (Å²) in [5.74, 6) is 0. The van der Waals surface area contributed by atoms with E-state index in [0.29, 0.717) is 29.3 Å². The van der Waals surface area contributed by atoms with Gasteiger partial charge in [0.25, 0.3) is 0 Å². The fraction of sp³-hybridized carbons (Fsp3) is 0.538. The Morgan fingerprint density at radius 2 is 2.11 bits per heavy atom. The third-order valence-corrected chi connectivity index (χ3v) is 6.00. The largest absolute Gasteiger partial charge is 0.388 e. The molecule has 0 bridgehead atoms. The molecule has 1 aromatic carbocycles. The van der Waals surface area contributed by atoms with Gasteiger partial charge in [0.15, 0.2) is 9.84 Å². The lowest BCUT2D eigenvalue weighted by Gasteiger charge is -2.29. The van der Waals surface area contributed by atoms with E-state index in [2.05, 4.69) is 0 Å². The maximum atomic E-state index is 11.8. The van der Waals surface area contributed by atoms with Gasteiger partial charge in [0.05, 0.1) is 10.9 Å². The SMILES string of the molecule is CS(=O)(=O)C1CCCC1(O)Cc1ccc(Cl)cc1Cl. The first-order chi connectivity index (χ1) is 8.72. The molecule has 1 aromatic rings. The zero-order chi connectivity index (χ0) is 14.3. The lowest BCUT2D eigenvalue weighted by Crippen LogP contribution is -2.44. The summed E-state index contributed by atoms with van der Waals surface area (Å²) in [5, 5.41) is 10.9. The van der Waals surface area contributed by atoms with Gasteiger partial charge in [-0.3, -0.25) is 0 Å². The van der Waals surface area contributed by atoms with Gasteiger partial charge in [-0.05, 0) is 37.0 Å². The van der Waals surface area contributed by atoms with Crippen molar-refractivity contribution in [3.63, 3.8) is 0 Å². The third kappa shape index (κ3) is 3.24. The number of aliphatic hydroxyl groups is 1. The molecule has 0 radical (unpaired) electrons. The molecule has 106 valence electrons. The summed E-state index contributed by atoms with van der Waals surface area (Å²) in [7, 11) is -3.27. The van der Waals surface area contributed by atoms with E-state index in [1.54, 1.807) is 18.2 Å². The summed E-state index contributed by atoms with van der Waals surface area (Å²) in [5.41, 5.74) is -0.505. The van der Waals surface area contributed by atoms with Crippen LogP contribution in [0.15, 0.2) is 18.2 Å². The van der Waals surface area contributed by atoms with E-state index in [1.165, 1.54) is 6.26 Å². The molecule has 1 saturated carbocycles. The quantitative estimate of drug-likeness (QED) is 0.930. The Balaban J connectivity index is 2.30. The topological polar surface area (TPSA) is 54.4 Å². The van der Waals surface area contributed by atoms with Crippen molar-refractivity contribution in [1.82, 2.24) is 0 Å². The number of sulfone groups is 1. The highest BCUT2D eigenvalue weighted by Crippen LogP contribution is 2.38.